The zero-order valence-electron chi connectivity index (χ0n) is 17.6. The molecule has 8 heteroatoms. The summed E-state index contributed by atoms with van der Waals surface area (Å²) in [6, 6.07) is 15.6. The molecule has 1 saturated heterocycles. The molecule has 32 heavy (non-hydrogen) atoms. The highest BCUT2D eigenvalue weighted by atomic mass is 16.6. The van der Waals surface area contributed by atoms with Gasteiger partial charge in [-0.05, 0) is 30.5 Å². The zero-order chi connectivity index (χ0) is 22.5. The Morgan fingerprint density at radius 2 is 1.84 bits per heavy atom. The van der Waals surface area contributed by atoms with Gasteiger partial charge in [-0.15, -0.1) is 0 Å². The minimum absolute atomic E-state index is 0.0686. The minimum atomic E-state index is -0.830. The Kier molecular flexibility index (Phi) is 6.61. The second kappa shape index (κ2) is 9.74. The number of ether oxygens (including phenoxy) is 1. The highest BCUT2D eigenvalue weighted by molar-refractivity contribution is 5.81. The molecular weight excluding hydrogens is 410 g/mol. The fourth-order valence-corrected chi connectivity index (χ4v) is 4.02. The Morgan fingerprint density at radius 3 is 2.66 bits per heavy atom. The van der Waals surface area contributed by atoms with Crippen molar-refractivity contribution >= 4 is 22.8 Å². The number of rotatable bonds is 6. The number of aliphatic hydroxyl groups is 1. The summed E-state index contributed by atoms with van der Waals surface area (Å²) in [5.74, 6) is -0.268. The van der Waals surface area contributed by atoms with E-state index in [1.54, 1.807) is 24.3 Å². The van der Waals surface area contributed by atoms with Crippen molar-refractivity contribution in [1.29, 1.82) is 0 Å². The number of ketones is 1. The van der Waals surface area contributed by atoms with Crippen LogP contribution in [0.5, 0.6) is 0 Å². The third-order valence-corrected chi connectivity index (χ3v) is 5.70. The number of carbonyl (C=O) groups excluding carboxylic acids is 2. The van der Waals surface area contributed by atoms with Gasteiger partial charge in [0.2, 0.25) is 0 Å². The molecule has 1 aromatic heterocycles. The number of fused-ring (bicyclic) bond motifs is 1. The van der Waals surface area contributed by atoms with Crippen LogP contribution in [0.1, 0.15) is 24.8 Å². The maximum Gasteiger partial charge on any atom is 0.410 e. The largest absolute Gasteiger partial charge is 0.445 e. The first kappa shape index (κ1) is 21.7. The summed E-state index contributed by atoms with van der Waals surface area (Å²) in [6.07, 6.45) is 1.02. The summed E-state index contributed by atoms with van der Waals surface area (Å²) in [4.78, 5) is 43.8. The van der Waals surface area contributed by atoms with Crippen molar-refractivity contribution in [3.8, 4) is 0 Å². The Hall–Kier alpha value is -3.52. The summed E-state index contributed by atoms with van der Waals surface area (Å²) in [5, 5.41) is 10.9. The number of benzene rings is 2. The molecule has 1 aliphatic rings. The van der Waals surface area contributed by atoms with Crippen molar-refractivity contribution in [3.63, 3.8) is 0 Å². The van der Waals surface area contributed by atoms with Crippen LogP contribution in [0.25, 0.3) is 10.9 Å². The lowest BCUT2D eigenvalue weighted by molar-refractivity contribution is -0.122. The second-order valence-corrected chi connectivity index (χ2v) is 7.95. The molecule has 0 unspecified atom stereocenters. The Bertz CT molecular complexity index is 1160. The molecule has 2 heterocycles. The topological polar surface area (TPSA) is 102 Å². The lowest BCUT2D eigenvalue weighted by Gasteiger charge is -2.38. The number of para-hydroxylation sites is 1. The monoisotopic (exact) mass is 435 g/mol. The van der Waals surface area contributed by atoms with Crippen LogP contribution in [0.3, 0.4) is 0 Å². The SMILES string of the molecule is O=C(C[C@@H]1[C@@H](O)CCCN1C(=O)OCc1ccccc1)Cn1cnc2ccccc2c1=O. The van der Waals surface area contributed by atoms with Crippen molar-refractivity contribution in [2.45, 2.75) is 44.6 Å². The number of likely N-dealkylation sites (tertiary alicyclic amines) is 1. The second-order valence-electron chi connectivity index (χ2n) is 7.95. The van der Waals surface area contributed by atoms with Crippen LogP contribution in [0.15, 0.2) is 65.7 Å². The number of amides is 1. The van der Waals surface area contributed by atoms with Gasteiger partial charge in [0.05, 0.1) is 35.9 Å². The fourth-order valence-electron chi connectivity index (χ4n) is 4.02. The van der Waals surface area contributed by atoms with Gasteiger partial charge in [0, 0.05) is 13.0 Å². The predicted molar refractivity (Wildman–Crippen MR) is 118 cm³/mol. The van der Waals surface area contributed by atoms with Crippen molar-refractivity contribution in [2.75, 3.05) is 6.54 Å². The van der Waals surface area contributed by atoms with E-state index in [4.69, 9.17) is 4.74 Å². The number of nitrogens with zero attached hydrogens (tertiary/aromatic N) is 3. The highest BCUT2D eigenvalue weighted by Gasteiger charge is 2.35. The lowest BCUT2D eigenvalue weighted by atomic mass is 9.95. The molecule has 8 nitrogen and oxygen atoms in total. The third kappa shape index (κ3) is 4.86. The first-order valence-corrected chi connectivity index (χ1v) is 10.6. The molecular formula is C24H25N3O5. The molecule has 2 aromatic carbocycles. The molecule has 1 N–H and O–H groups in total. The number of Topliss-reactive ketones (excluding diaryl/α,β-unsaturated/α-hetero) is 1. The minimum Gasteiger partial charge on any atom is -0.445 e. The van der Waals surface area contributed by atoms with Crippen molar-refractivity contribution in [3.05, 3.63) is 76.8 Å². The van der Waals surface area contributed by atoms with Gasteiger partial charge in [-0.1, -0.05) is 42.5 Å². The molecule has 3 aromatic rings. The number of aromatic nitrogens is 2. The summed E-state index contributed by atoms with van der Waals surface area (Å²) >= 11 is 0. The number of aliphatic hydroxyl groups excluding tert-OH is 1. The van der Waals surface area contributed by atoms with Gasteiger partial charge < -0.3 is 14.7 Å². The molecule has 2 atom stereocenters. The van der Waals surface area contributed by atoms with Gasteiger partial charge in [0.1, 0.15) is 6.61 Å². The third-order valence-electron chi connectivity index (χ3n) is 5.70. The van der Waals surface area contributed by atoms with Gasteiger partial charge >= 0.3 is 6.09 Å². The van der Waals surface area contributed by atoms with E-state index in [9.17, 15) is 19.5 Å². The van der Waals surface area contributed by atoms with Crippen molar-refractivity contribution in [2.24, 2.45) is 0 Å². The molecule has 1 aliphatic heterocycles. The van der Waals surface area contributed by atoms with Crippen LogP contribution in [0.2, 0.25) is 0 Å². The summed E-state index contributed by atoms with van der Waals surface area (Å²) < 4.78 is 6.67. The average molecular weight is 435 g/mol. The van der Waals surface area contributed by atoms with E-state index in [0.29, 0.717) is 30.3 Å². The maximum atomic E-state index is 12.8. The number of piperidine rings is 1. The molecule has 0 radical (unpaired) electrons. The van der Waals surface area contributed by atoms with E-state index >= 15 is 0 Å². The Balaban J connectivity index is 1.43. The highest BCUT2D eigenvalue weighted by Crippen LogP contribution is 2.22. The van der Waals surface area contributed by atoms with Crippen LogP contribution in [-0.2, 0) is 22.7 Å². The van der Waals surface area contributed by atoms with Gasteiger partial charge in [0.25, 0.3) is 5.56 Å². The predicted octanol–water partition coefficient (Wildman–Crippen LogP) is 2.52. The first-order chi connectivity index (χ1) is 15.5. The van der Waals surface area contributed by atoms with Crippen LogP contribution in [-0.4, -0.2) is 50.1 Å². The lowest BCUT2D eigenvalue weighted by Crippen LogP contribution is -2.52. The molecule has 0 bridgehead atoms. The molecule has 4 rings (SSSR count). The summed E-state index contributed by atoms with van der Waals surface area (Å²) in [6.45, 7) is 0.345. The number of hydrogen-bond donors (Lipinski definition) is 1. The molecule has 166 valence electrons. The maximum absolute atomic E-state index is 12.8. The standard InChI is InChI=1S/C24H25N3O5/c28-18(14-26-16-25-20-10-5-4-9-19(20)23(26)30)13-21-22(29)11-6-12-27(21)24(31)32-15-17-7-2-1-3-8-17/h1-5,7-10,16,21-22,29H,6,11-15H2/t21-,22+/m1/s1. The Morgan fingerprint density at radius 1 is 1.09 bits per heavy atom. The number of hydrogen-bond acceptors (Lipinski definition) is 6. The van der Waals surface area contributed by atoms with Crippen LogP contribution >= 0.6 is 0 Å². The normalized spacial score (nSPS) is 18.5. The average Bonchev–Trinajstić information content (AvgIpc) is 2.81. The van der Waals surface area contributed by atoms with Crippen LogP contribution in [0, 0.1) is 0 Å². The molecule has 0 saturated carbocycles. The van der Waals surface area contributed by atoms with Crippen LogP contribution < -0.4 is 5.56 Å². The van der Waals surface area contributed by atoms with E-state index in [-0.39, 0.29) is 30.9 Å². The van der Waals surface area contributed by atoms with E-state index < -0.39 is 18.2 Å². The van der Waals surface area contributed by atoms with Gasteiger partial charge in [0.15, 0.2) is 5.78 Å². The molecule has 1 amide bonds. The summed E-state index contributed by atoms with van der Waals surface area (Å²) in [5.41, 5.74) is 1.12. The Labute approximate surface area is 185 Å². The van der Waals surface area contributed by atoms with E-state index in [1.807, 2.05) is 30.3 Å². The van der Waals surface area contributed by atoms with E-state index in [0.717, 1.165) is 5.56 Å². The zero-order valence-corrected chi connectivity index (χ0v) is 17.6. The van der Waals surface area contributed by atoms with Gasteiger partial charge in [-0.2, -0.15) is 0 Å². The van der Waals surface area contributed by atoms with Crippen molar-refractivity contribution in [1.82, 2.24) is 14.5 Å². The van der Waals surface area contributed by atoms with Crippen LogP contribution in [0.4, 0.5) is 4.79 Å². The molecule has 0 spiro atoms. The van der Waals surface area contributed by atoms with E-state index in [1.165, 1.54) is 15.8 Å². The molecule has 0 aliphatic carbocycles. The quantitative estimate of drug-likeness (QED) is 0.638. The first-order valence-electron chi connectivity index (χ1n) is 10.6. The van der Waals surface area contributed by atoms with Gasteiger partial charge in [-0.3, -0.25) is 14.2 Å². The fraction of sp³-hybridized carbons (Fsp3) is 0.333. The van der Waals surface area contributed by atoms with Crippen molar-refractivity contribution < 1.29 is 19.4 Å². The summed E-state index contributed by atoms with van der Waals surface area (Å²) in [7, 11) is 0. The smallest absolute Gasteiger partial charge is 0.410 e. The number of carbonyl (C=O) groups is 2. The van der Waals surface area contributed by atoms with E-state index in [2.05, 4.69) is 4.98 Å². The molecule has 1 fully saturated rings. The van der Waals surface area contributed by atoms with Gasteiger partial charge in [-0.25, -0.2) is 9.78 Å².